The number of rotatable bonds is 4. The van der Waals surface area contributed by atoms with Crippen LogP contribution in [0.3, 0.4) is 0 Å². The smallest absolute Gasteiger partial charge is 0.148 e. The number of benzene rings is 1. The first-order valence-corrected chi connectivity index (χ1v) is 6.40. The third-order valence-electron chi connectivity index (χ3n) is 2.93. The summed E-state index contributed by atoms with van der Waals surface area (Å²) < 4.78 is 0. The maximum atomic E-state index is 8.95. The van der Waals surface area contributed by atoms with Gasteiger partial charge in [0.25, 0.3) is 0 Å². The molecule has 4 heteroatoms. The van der Waals surface area contributed by atoms with Crippen molar-refractivity contribution in [2.24, 2.45) is 0 Å². The van der Waals surface area contributed by atoms with Gasteiger partial charge in [-0.1, -0.05) is 41.9 Å². The highest BCUT2D eigenvalue weighted by atomic mass is 35.5. The van der Waals surface area contributed by atoms with E-state index in [1.54, 1.807) is 12.3 Å². The molecule has 1 aromatic carbocycles. The molecule has 0 fully saturated rings. The van der Waals surface area contributed by atoms with Crippen LogP contribution in [0.1, 0.15) is 11.1 Å². The van der Waals surface area contributed by atoms with E-state index >= 15 is 0 Å². The fourth-order valence-corrected chi connectivity index (χ4v) is 2.13. The lowest BCUT2D eigenvalue weighted by Gasteiger charge is -2.19. The van der Waals surface area contributed by atoms with Crippen LogP contribution in [0.25, 0.3) is 0 Å². The first-order valence-electron chi connectivity index (χ1n) is 6.02. The average Bonchev–Trinajstić information content (AvgIpc) is 2.46. The molecule has 0 radical (unpaired) electrons. The predicted molar refractivity (Wildman–Crippen MR) is 77.4 cm³/mol. The van der Waals surface area contributed by atoms with E-state index in [0.717, 1.165) is 13.0 Å². The highest BCUT2D eigenvalue weighted by Gasteiger charge is 2.11. The third kappa shape index (κ3) is 3.24. The van der Waals surface area contributed by atoms with Crippen molar-refractivity contribution in [1.82, 2.24) is 4.98 Å². The molecule has 19 heavy (non-hydrogen) atoms. The Morgan fingerprint density at radius 3 is 2.68 bits per heavy atom. The summed E-state index contributed by atoms with van der Waals surface area (Å²) in [6.45, 7) is 0.797. The van der Waals surface area contributed by atoms with Crippen molar-refractivity contribution in [1.29, 1.82) is 5.26 Å². The molecule has 0 atom stereocenters. The van der Waals surface area contributed by atoms with Crippen LogP contribution >= 0.6 is 11.6 Å². The van der Waals surface area contributed by atoms with Crippen molar-refractivity contribution < 1.29 is 0 Å². The largest absolute Gasteiger partial charge is 0.358 e. The number of hydrogen-bond acceptors (Lipinski definition) is 3. The van der Waals surface area contributed by atoms with Crippen LogP contribution in [-0.2, 0) is 6.42 Å². The van der Waals surface area contributed by atoms with Gasteiger partial charge in [-0.2, -0.15) is 5.26 Å². The minimum atomic E-state index is 0.417. The molecule has 0 aliphatic rings. The van der Waals surface area contributed by atoms with Crippen LogP contribution in [0.5, 0.6) is 0 Å². The van der Waals surface area contributed by atoms with Crippen LogP contribution in [-0.4, -0.2) is 18.6 Å². The van der Waals surface area contributed by atoms with Gasteiger partial charge < -0.3 is 4.90 Å². The molecule has 1 heterocycles. The maximum absolute atomic E-state index is 8.95. The van der Waals surface area contributed by atoms with Gasteiger partial charge in [0.05, 0.1) is 5.56 Å². The predicted octanol–water partition coefficient (Wildman–Crippen LogP) is 3.29. The summed E-state index contributed by atoms with van der Waals surface area (Å²) in [7, 11) is 1.93. The summed E-state index contributed by atoms with van der Waals surface area (Å²) in [6, 6.07) is 13.9. The first kappa shape index (κ1) is 13.4. The second-order valence-electron chi connectivity index (χ2n) is 4.27. The summed E-state index contributed by atoms with van der Waals surface area (Å²) in [5.41, 5.74) is 1.72. The third-order valence-corrected chi connectivity index (χ3v) is 3.30. The average molecular weight is 272 g/mol. The number of pyridine rings is 1. The Morgan fingerprint density at radius 2 is 2.00 bits per heavy atom. The monoisotopic (exact) mass is 271 g/mol. The Labute approximate surface area is 118 Å². The number of hydrogen-bond donors (Lipinski definition) is 0. The van der Waals surface area contributed by atoms with Crippen LogP contribution in [0.2, 0.25) is 5.02 Å². The van der Waals surface area contributed by atoms with Crippen molar-refractivity contribution in [3.63, 3.8) is 0 Å². The van der Waals surface area contributed by atoms with Gasteiger partial charge in [-0.15, -0.1) is 0 Å². The molecule has 0 aliphatic heterocycles. The van der Waals surface area contributed by atoms with Crippen molar-refractivity contribution in [2.45, 2.75) is 6.42 Å². The Morgan fingerprint density at radius 1 is 1.26 bits per heavy atom. The molecule has 0 spiro atoms. The molecule has 96 valence electrons. The molecule has 0 saturated heterocycles. The summed E-state index contributed by atoms with van der Waals surface area (Å²) in [4.78, 5) is 6.21. The van der Waals surface area contributed by atoms with Gasteiger partial charge in [0.2, 0.25) is 0 Å². The fourth-order valence-electron chi connectivity index (χ4n) is 1.83. The standard InChI is InChI=1S/C15H14ClN3/c1-19(10-8-12-5-3-2-4-6-12)15-14(16)13(11-17)7-9-18-15/h2-7,9H,8,10H2,1H3. The molecule has 0 amide bonds. The van der Waals surface area contributed by atoms with E-state index in [9.17, 15) is 0 Å². The van der Waals surface area contributed by atoms with Crippen LogP contribution in [0.4, 0.5) is 5.82 Å². The van der Waals surface area contributed by atoms with Crippen LogP contribution < -0.4 is 4.90 Å². The normalized spacial score (nSPS) is 9.95. The van der Waals surface area contributed by atoms with Gasteiger partial charge in [-0.05, 0) is 18.1 Å². The maximum Gasteiger partial charge on any atom is 0.148 e. The highest BCUT2D eigenvalue weighted by molar-refractivity contribution is 6.34. The van der Waals surface area contributed by atoms with Crippen molar-refractivity contribution in [3.8, 4) is 6.07 Å². The van der Waals surface area contributed by atoms with E-state index in [2.05, 4.69) is 23.2 Å². The number of nitriles is 1. The van der Waals surface area contributed by atoms with E-state index in [1.165, 1.54) is 5.56 Å². The van der Waals surface area contributed by atoms with Crippen molar-refractivity contribution in [2.75, 3.05) is 18.5 Å². The highest BCUT2D eigenvalue weighted by Crippen LogP contribution is 2.25. The number of halogens is 1. The molecule has 2 rings (SSSR count). The number of nitrogens with zero attached hydrogens (tertiary/aromatic N) is 3. The van der Waals surface area contributed by atoms with Crippen molar-refractivity contribution >= 4 is 17.4 Å². The zero-order valence-electron chi connectivity index (χ0n) is 10.7. The molecule has 1 aromatic heterocycles. The van der Waals surface area contributed by atoms with E-state index in [1.807, 2.05) is 30.1 Å². The summed E-state index contributed by atoms with van der Waals surface area (Å²) in [6.07, 6.45) is 2.52. The van der Waals surface area contributed by atoms with E-state index in [4.69, 9.17) is 16.9 Å². The van der Waals surface area contributed by atoms with Gasteiger partial charge in [-0.3, -0.25) is 0 Å². The fraction of sp³-hybridized carbons (Fsp3) is 0.200. The SMILES string of the molecule is CN(CCc1ccccc1)c1nccc(C#N)c1Cl. The van der Waals surface area contributed by atoms with E-state index < -0.39 is 0 Å². The summed E-state index contributed by atoms with van der Waals surface area (Å²) >= 11 is 6.16. The quantitative estimate of drug-likeness (QED) is 0.857. The number of likely N-dealkylation sites (N-methyl/N-ethyl adjacent to an activating group) is 1. The van der Waals surface area contributed by atoms with E-state index in [-0.39, 0.29) is 0 Å². The molecule has 2 aromatic rings. The molecule has 0 unspecified atom stereocenters. The van der Waals surface area contributed by atoms with Crippen molar-refractivity contribution in [3.05, 3.63) is 58.7 Å². The van der Waals surface area contributed by atoms with Crippen LogP contribution in [0, 0.1) is 11.3 Å². The first-order chi connectivity index (χ1) is 9.22. The molecule has 0 saturated carbocycles. The molecule has 0 bridgehead atoms. The Bertz CT molecular complexity index is 590. The van der Waals surface area contributed by atoms with Crippen LogP contribution in [0.15, 0.2) is 42.6 Å². The minimum absolute atomic E-state index is 0.417. The zero-order chi connectivity index (χ0) is 13.7. The van der Waals surface area contributed by atoms with Gasteiger partial charge in [0.1, 0.15) is 16.9 Å². The Kier molecular flexibility index (Phi) is 4.38. The number of aromatic nitrogens is 1. The Balaban J connectivity index is 2.09. The molecule has 3 nitrogen and oxygen atoms in total. The lowest BCUT2D eigenvalue weighted by molar-refractivity contribution is 0.859. The lowest BCUT2D eigenvalue weighted by Crippen LogP contribution is -2.22. The molecule has 0 aliphatic carbocycles. The molecular formula is C15H14ClN3. The van der Waals surface area contributed by atoms with E-state index in [0.29, 0.717) is 16.4 Å². The molecule has 0 N–H and O–H groups in total. The Hall–Kier alpha value is -2.05. The topological polar surface area (TPSA) is 39.9 Å². The van der Waals surface area contributed by atoms with Gasteiger partial charge in [-0.25, -0.2) is 4.98 Å². The summed E-state index contributed by atoms with van der Waals surface area (Å²) in [5, 5.41) is 9.37. The number of anilines is 1. The van der Waals surface area contributed by atoms with Gasteiger partial charge in [0.15, 0.2) is 0 Å². The summed E-state index contributed by atoms with van der Waals surface area (Å²) in [5.74, 6) is 0.650. The second kappa shape index (κ2) is 6.21. The second-order valence-corrected chi connectivity index (χ2v) is 4.64. The van der Waals surface area contributed by atoms with Gasteiger partial charge in [0, 0.05) is 19.8 Å². The lowest BCUT2D eigenvalue weighted by atomic mass is 10.1. The van der Waals surface area contributed by atoms with Gasteiger partial charge >= 0.3 is 0 Å². The molecular weight excluding hydrogens is 258 g/mol. The zero-order valence-corrected chi connectivity index (χ0v) is 11.4. The minimum Gasteiger partial charge on any atom is -0.358 e.